The van der Waals surface area contributed by atoms with Gasteiger partial charge in [0.05, 0.1) is 6.61 Å². The monoisotopic (exact) mass is 238 g/mol. The second kappa shape index (κ2) is 6.67. The predicted octanol–water partition coefficient (Wildman–Crippen LogP) is 0.986. The molecule has 1 rings (SSSR count). The lowest BCUT2D eigenvalue weighted by Crippen LogP contribution is -2.18. The summed E-state index contributed by atoms with van der Waals surface area (Å²) in [5.41, 5.74) is 6.61. The van der Waals surface area contributed by atoms with Crippen molar-refractivity contribution in [1.82, 2.24) is 9.97 Å². The first-order chi connectivity index (χ1) is 8.19. The summed E-state index contributed by atoms with van der Waals surface area (Å²) < 4.78 is 4.82. The molecular weight excluding hydrogens is 220 g/mol. The number of carbonyl (C=O) groups is 1. The third-order valence-electron chi connectivity index (χ3n) is 2.18. The fraction of sp³-hybridized carbons (Fsp3) is 0.545. The first-order valence-corrected chi connectivity index (χ1v) is 5.67. The van der Waals surface area contributed by atoms with Crippen molar-refractivity contribution in [2.75, 3.05) is 24.2 Å². The number of nitrogens with zero attached hydrogens (tertiary/aromatic N) is 2. The smallest absolute Gasteiger partial charge is 0.325 e. The maximum atomic E-state index is 11.2. The van der Waals surface area contributed by atoms with Crippen LogP contribution in [-0.4, -0.2) is 29.1 Å². The molecular formula is C11H18N4O2. The molecule has 6 heteroatoms. The van der Waals surface area contributed by atoms with Crippen LogP contribution in [-0.2, 0) is 16.0 Å². The van der Waals surface area contributed by atoms with Gasteiger partial charge in [-0.25, -0.2) is 9.97 Å². The van der Waals surface area contributed by atoms with Crippen molar-refractivity contribution in [3.05, 3.63) is 11.9 Å². The molecule has 3 N–H and O–H groups in total. The van der Waals surface area contributed by atoms with Crippen LogP contribution in [0.2, 0.25) is 0 Å². The van der Waals surface area contributed by atoms with Crippen molar-refractivity contribution in [2.24, 2.45) is 0 Å². The zero-order valence-electron chi connectivity index (χ0n) is 10.2. The van der Waals surface area contributed by atoms with Crippen molar-refractivity contribution in [1.29, 1.82) is 0 Å². The molecule has 0 spiro atoms. The fourth-order valence-electron chi connectivity index (χ4n) is 1.44. The molecule has 0 fully saturated rings. The van der Waals surface area contributed by atoms with Crippen LogP contribution in [0.3, 0.4) is 0 Å². The lowest BCUT2D eigenvalue weighted by molar-refractivity contribution is -0.140. The van der Waals surface area contributed by atoms with Crippen molar-refractivity contribution in [3.8, 4) is 0 Å². The normalized spacial score (nSPS) is 10.0. The van der Waals surface area contributed by atoms with Crippen molar-refractivity contribution < 1.29 is 9.53 Å². The summed E-state index contributed by atoms with van der Waals surface area (Å²) in [4.78, 5) is 19.2. The minimum atomic E-state index is -0.313. The standard InChI is InChI=1S/C11H18N4O2/c1-3-5-8-10(12)14-7-15-11(8)13-6-9(16)17-4-2/h7H,3-6H2,1-2H3,(H3,12,13,14,15). The van der Waals surface area contributed by atoms with Crippen LogP contribution in [0.5, 0.6) is 0 Å². The van der Waals surface area contributed by atoms with E-state index in [2.05, 4.69) is 15.3 Å². The summed E-state index contributed by atoms with van der Waals surface area (Å²) in [5.74, 6) is 0.743. The molecule has 0 radical (unpaired) electrons. The maximum Gasteiger partial charge on any atom is 0.325 e. The zero-order chi connectivity index (χ0) is 12.7. The minimum absolute atomic E-state index is 0.0843. The largest absolute Gasteiger partial charge is 0.465 e. The number of ether oxygens (including phenoxy) is 1. The van der Waals surface area contributed by atoms with Gasteiger partial charge in [0.15, 0.2) is 0 Å². The Balaban J connectivity index is 2.69. The highest BCUT2D eigenvalue weighted by atomic mass is 16.5. The van der Waals surface area contributed by atoms with E-state index in [0.717, 1.165) is 18.4 Å². The number of nitrogens with two attached hydrogens (primary N) is 1. The second-order valence-electron chi connectivity index (χ2n) is 3.49. The van der Waals surface area contributed by atoms with E-state index in [0.29, 0.717) is 18.2 Å². The van der Waals surface area contributed by atoms with Gasteiger partial charge in [0.2, 0.25) is 0 Å². The lowest BCUT2D eigenvalue weighted by Gasteiger charge is -2.11. The summed E-state index contributed by atoms with van der Waals surface area (Å²) in [6.45, 7) is 4.26. The molecule has 0 unspecified atom stereocenters. The summed E-state index contributed by atoms with van der Waals surface area (Å²) in [6, 6.07) is 0. The topological polar surface area (TPSA) is 90.1 Å². The van der Waals surface area contributed by atoms with E-state index in [1.54, 1.807) is 6.92 Å². The molecule has 1 aromatic heterocycles. The van der Waals surface area contributed by atoms with Crippen LogP contribution in [0.25, 0.3) is 0 Å². The highest BCUT2D eigenvalue weighted by Crippen LogP contribution is 2.18. The molecule has 0 aliphatic carbocycles. The van der Waals surface area contributed by atoms with Gasteiger partial charge in [0.25, 0.3) is 0 Å². The van der Waals surface area contributed by atoms with Gasteiger partial charge in [-0.1, -0.05) is 13.3 Å². The van der Waals surface area contributed by atoms with Gasteiger partial charge >= 0.3 is 5.97 Å². The van der Waals surface area contributed by atoms with Crippen molar-refractivity contribution >= 4 is 17.6 Å². The van der Waals surface area contributed by atoms with Gasteiger partial charge in [-0.15, -0.1) is 0 Å². The highest BCUT2D eigenvalue weighted by Gasteiger charge is 2.09. The Kier molecular flexibility index (Phi) is 5.19. The van der Waals surface area contributed by atoms with Gasteiger partial charge in [-0.2, -0.15) is 0 Å². The van der Waals surface area contributed by atoms with E-state index >= 15 is 0 Å². The molecule has 0 aliphatic rings. The number of aromatic nitrogens is 2. The first kappa shape index (κ1) is 13.2. The number of hydrogen-bond donors (Lipinski definition) is 2. The van der Waals surface area contributed by atoms with Crippen LogP contribution in [0, 0.1) is 0 Å². The summed E-state index contributed by atoms with van der Waals surface area (Å²) in [7, 11) is 0. The molecule has 0 amide bonds. The van der Waals surface area contributed by atoms with Crippen LogP contribution in [0.15, 0.2) is 6.33 Å². The molecule has 1 heterocycles. The number of carbonyl (C=O) groups excluding carboxylic acids is 1. The number of hydrogen-bond acceptors (Lipinski definition) is 6. The predicted molar refractivity (Wildman–Crippen MR) is 65.6 cm³/mol. The Morgan fingerprint density at radius 1 is 1.47 bits per heavy atom. The van der Waals surface area contributed by atoms with Gasteiger partial charge in [-0.3, -0.25) is 4.79 Å². The van der Waals surface area contributed by atoms with Gasteiger partial charge in [-0.05, 0) is 13.3 Å². The molecule has 6 nitrogen and oxygen atoms in total. The summed E-state index contributed by atoms with van der Waals surface area (Å²) >= 11 is 0. The van der Waals surface area contributed by atoms with E-state index in [1.807, 2.05) is 6.92 Å². The maximum absolute atomic E-state index is 11.2. The van der Waals surface area contributed by atoms with Crippen LogP contribution >= 0.6 is 0 Å². The van der Waals surface area contributed by atoms with E-state index in [9.17, 15) is 4.79 Å². The summed E-state index contributed by atoms with van der Waals surface area (Å²) in [6.07, 6.45) is 3.09. The molecule has 94 valence electrons. The van der Waals surface area contributed by atoms with E-state index in [1.165, 1.54) is 6.33 Å². The Hall–Kier alpha value is -1.85. The van der Waals surface area contributed by atoms with E-state index in [4.69, 9.17) is 10.5 Å². The minimum Gasteiger partial charge on any atom is -0.465 e. The molecule has 17 heavy (non-hydrogen) atoms. The fourth-order valence-corrected chi connectivity index (χ4v) is 1.44. The zero-order valence-corrected chi connectivity index (χ0v) is 10.2. The van der Waals surface area contributed by atoms with E-state index in [-0.39, 0.29) is 12.5 Å². The third kappa shape index (κ3) is 3.90. The molecule has 0 atom stereocenters. The number of nitrogen functional groups attached to an aromatic ring is 1. The van der Waals surface area contributed by atoms with Crippen LogP contribution < -0.4 is 11.1 Å². The average Bonchev–Trinajstić information content (AvgIpc) is 2.30. The third-order valence-corrected chi connectivity index (χ3v) is 2.18. The number of esters is 1. The molecule has 0 saturated heterocycles. The molecule has 1 aromatic rings. The number of rotatable bonds is 6. The van der Waals surface area contributed by atoms with Gasteiger partial charge in [0, 0.05) is 5.56 Å². The SMILES string of the molecule is CCCc1c(N)ncnc1NCC(=O)OCC. The lowest BCUT2D eigenvalue weighted by atomic mass is 10.1. The molecule has 0 aromatic carbocycles. The highest BCUT2D eigenvalue weighted by molar-refractivity contribution is 5.75. The Morgan fingerprint density at radius 3 is 2.88 bits per heavy atom. The second-order valence-corrected chi connectivity index (χ2v) is 3.49. The molecule has 0 aliphatic heterocycles. The van der Waals surface area contributed by atoms with Crippen molar-refractivity contribution in [3.63, 3.8) is 0 Å². The Labute approximate surface area is 101 Å². The molecule has 0 saturated carbocycles. The molecule has 0 bridgehead atoms. The number of anilines is 2. The van der Waals surface area contributed by atoms with Gasteiger partial charge < -0.3 is 15.8 Å². The van der Waals surface area contributed by atoms with Crippen LogP contribution in [0.1, 0.15) is 25.8 Å². The van der Waals surface area contributed by atoms with E-state index < -0.39 is 0 Å². The Morgan fingerprint density at radius 2 is 2.24 bits per heavy atom. The summed E-state index contributed by atoms with van der Waals surface area (Å²) in [5, 5.41) is 2.92. The number of nitrogens with one attached hydrogen (secondary N) is 1. The van der Waals surface area contributed by atoms with Gasteiger partial charge in [0.1, 0.15) is 24.5 Å². The Bertz CT molecular complexity index is 382. The first-order valence-electron chi connectivity index (χ1n) is 5.67. The quantitative estimate of drug-likeness (QED) is 0.718. The van der Waals surface area contributed by atoms with Crippen molar-refractivity contribution in [2.45, 2.75) is 26.7 Å². The average molecular weight is 238 g/mol. The van der Waals surface area contributed by atoms with Crippen LogP contribution in [0.4, 0.5) is 11.6 Å².